The van der Waals surface area contributed by atoms with Crippen LogP contribution in [0.5, 0.6) is 0 Å². The van der Waals surface area contributed by atoms with Gasteiger partial charge in [-0.25, -0.2) is 14.7 Å². The molecule has 0 bridgehead atoms. The Hall–Kier alpha value is -2.03. The largest absolute Gasteiger partial charge is 0.485 e. The predicted molar refractivity (Wildman–Crippen MR) is 122 cm³/mol. The molecular weight excluding hydrogens is 418 g/mol. The van der Waals surface area contributed by atoms with E-state index < -0.39 is 17.6 Å². The minimum absolute atomic E-state index is 0.128. The Labute approximate surface area is 189 Å². The molecule has 0 amide bonds. The van der Waals surface area contributed by atoms with Gasteiger partial charge in [-0.05, 0) is 57.2 Å². The molecule has 0 saturated carbocycles. The number of nitrogens with zero attached hydrogens (tertiary/aromatic N) is 1. The molecule has 0 radical (unpaired) electrons. The number of carboxylic acid groups (broad SMARTS) is 1. The van der Waals surface area contributed by atoms with E-state index in [9.17, 15) is 9.90 Å². The van der Waals surface area contributed by atoms with Crippen LogP contribution in [-0.4, -0.2) is 41.8 Å². The van der Waals surface area contributed by atoms with E-state index in [1.165, 1.54) is 7.11 Å². The van der Waals surface area contributed by atoms with Gasteiger partial charge >= 0.3 is 5.97 Å². The van der Waals surface area contributed by atoms with Gasteiger partial charge in [-0.1, -0.05) is 32.9 Å². The molecule has 31 heavy (non-hydrogen) atoms. The molecule has 0 aliphatic carbocycles. The summed E-state index contributed by atoms with van der Waals surface area (Å²) in [6, 6.07) is 6.87. The third kappa shape index (κ3) is 6.48. The average molecular weight is 452 g/mol. The van der Waals surface area contributed by atoms with Gasteiger partial charge in [0.25, 0.3) is 5.90 Å². The Morgan fingerprint density at radius 2 is 1.87 bits per heavy atom. The van der Waals surface area contributed by atoms with Crippen molar-refractivity contribution in [1.29, 1.82) is 0 Å². The standard InChI is InChI=1S/C23H33NO6S/c1-8-23(6)19(16-9-11-17(12-10-16)31-30-27-7)20(28-15(4)5)21(29-23)24-18(22(25)26)13-14(2)3/h9-12,14-15,18H,8,13H2,1-7H3,(H,25,26)/t18-,23-/m0/s1. The van der Waals surface area contributed by atoms with Crippen molar-refractivity contribution in [3.05, 3.63) is 35.6 Å². The first-order chi connectivity index (χ1) is 14.6. The zero-order valence-electron chi connectivity index (χ0n) is 19.3. The Balaban J connectivity index is 2.57. The van der Waals surface area contributed by atoms with Crippen LogP contribution < -0.4 is 0 Å². The molecule has 1 N–H and O–H groups in total. The molecule has 0 saturated heterocycles. The third-order valence-electron chi connectivity index (χ3n) is 4.89. The highest BCUT2D eigenvalue weighted by Gasteiger charge is 2.44. The van der Waals surface area contributed by atoms with E-state index in [1.54, 1.807) is 0 Å². The van der Waals surface area contributed by atoms with Crippen LogP contribution >= 0.6 is 12.0 Å². The number of hydrogen-bond donors (Lipinski definition) is 1. The van der Waals surface area contributed by atoms with Crippen molar-refractivity contribution >= 4 is 29.5 Å². The lowest BCUT2D eigenvalue weighted by Gasteiger charge is -2.25. The molecule has 1 heterocycles. The van der Waals surface area contributed by atoms with Crippen molar-refractivity contribution < 1.29 is 28.6 Å². The second-order valence-electron chi connectivity index (χ2n) is 8.32. The summed E-state index contributed by atoms with van der Waals surface area (Å²) in [7, 11) is 1.45. The van der Waals surface area contributed by atoms with Crippen molar-refractivity contribution in [3.63, 3.8) is 0 Å². The van der Waals surface area contributed by atoms with Gasteiger partial charge < -0.3 is 14.6 Å². The molecular formula is C23H33NO6S. The summed E-state index contributed by atoms with van der Waals surface area (Å²) in [5.74, 6) is -0.0354. The smallest absolute Gasteiger partial charge is 0.328 e. The Bertz CT molecular complexity index is 818. The fourth-order valence-electron chi connectivity index (χ4n) is 3.32. The van der Waals surface area contributed by atoms with E-state index in [0.717, 1.165) is 28.1 Å². The van der Waals surface area contributed by atoms with Gasteiger partial charge in [-0.15, -0.1) is 0 Å². The van der Waals surface area contributed by atoms with Crippen LogP contribution in [0.1, 0.15) is 59.9 Å². The monoisotopic (exact) mass is 451 g/mol. The second-order valence-corrected chi connectivity index (χ2v) is 9.09. The zero-order valence-corrected chi connectivity index (χ0v) is 20.1. The summed E-state index contributed by atoms with van der Waals surface area (Å²) in [6.45, 7) is 11.8. The number of rotatable bonds is 11. The minimum Gasteiger partial charge on any atom is -0.485 e. The zero-order chi connectivity index (χ0) is 23.2. The van der Waals surface area contributed by atoms with Gasteiger partial charge in [0.05, 0.1) is 30.8 Å². The fourth-order valence-corrected chi connectivity index (χ4v) is 3.71. The van der Waals surface area contributed by atoms with Gasteiger partial charge in [-0.3, -0.25) is 0 Å². The quantitative estimate of drug-likeness (QED) is 0.270. The van der Waals surface area contributed by atoms with E-state index in [1.807, 2.05) is 65.8 Å². The van der Waals surface area contributed by atoms with E-state index in [0.29, 0.717) is 18.6 Å². The number of ether oxygens (including phenoxy) is 2. The third-order valence-corrected chi connectivity index (χ3v) is 5.56. The molecule has 1 aromatic carbocycles. The average Bonchev–Trinajstić information content (AvgIpc) is 2.97. The number of carbonyl (C=O) groups is 1. The lowest BCUT2D eigenvalue weighted by atomic mass is 9.88. The van der Waals surface area contributed by atoms with Crippen LogP contribution in [0.15, 0.2) is 39.9 Å². The number of aliphatic carboxylic acids is 1. The molecule has 0 unspecified atom stereocenters. The molecule has 1 aromatic rings. The molecule has 7 nitrogen and oxygen atoms in total. The van der Waals surface area contributed by atoms with Crippen LogP contribution in [0.3, 0.4) is 0 Å². The van der Waals surface area contributed by atoms with Gasteiger partial charge in [0.15, 0.2) is 11.8 Å². The number of benzene rings is 1. The van der Waals surface area contributed by atoms with Crippen LogP contribution in [-0.2, 0) is 23.5 Å². The number of carboxylic acids is 1. The van der Waals surface area contributed by atoms with E-state index in [-0.39, 0.29) is 17.9 Å². The van der Waals surface area contributed by atoms with Crippen LogP contribution in [0.2, 0.25) is 0 Å². The summed E-state index contributed by atoms with van der Waals surface area (Å²) in [5.41, 5.74) is 1.09. The van der Waals surface area contributed by atoms with Crippen LogP contribution in [0, 0.1) is 5.92 Å². The Kier molecular flexibility index (Phi) is 8.97. The maximum absolute atomic E-state index is 11.8. The van der Waals surface area contributed by atoms with E-state index in [4.69, 9.17) is 13.8 Å². The number of aliphatic imine (C=N–C) groups is 1. The van der Waals surface area contributed by atoms with Crippen molar-refractivity contribution in [2.45, 2.75) is 77.0 Å². The number of hydrogen-bond acceptors (Lipinski definition) is 7. The first kappa shape index (κ1) is 25.2. The highest BCUT2D eigenvalue weighted by molar-refractivity contribution is 7.94. The summed E-state index contributed by atoms with van der Waals surface area (Å²) in [4.78, 5) is 21.8. The first-order valence-electron chi connectivity index (χ1n) is 10.5. The molecule has 2 atom stereocenters. The molecule has 0 aromatic heterocycles. The molecule has 1 aliphatic heterocycles. The van der Waals surface area contributed by atoms with Gasteiger partial charge in [0.1, 0.15) is 5.60 Å². The van der Waals surface area contributed by atoms with Crippen LogP contribution in [0.25, 0.3) is 5.57 Å². The maximum atomic E-state index is 11.8. The minimum atomic E-state index is -0.972. The van der Waals surface area contributed by atoms with Crippen molar-refractivity contribution in [2.24, 2.45) is 10.9 Å². The summed E-state index contributed by atoms with van der Waals surface area (Å²) in [5, 5.41) is 9.68. The van der Waals surface area contributed by atoms with Crippen LogP contribution in [0.4, 0.5) is 0 Å². The molecule has 0 spiro atoms. The molecule has 172 valence electrons. The molecule has 8 heteroatoms. The Morgan fingerprint density at radius 1 is 1.23 bits per heavy atom. The maximum Gasteiger partial charge on any atom is 0.328 e. The predicted octanol–water partition coefficient (Wildman–Crippen LogP) is 5.50. The van der Waals surface area contributed by atoms with E-state index >= 15 is 0 Å². The van der Waals surface area contributed by atoms with Gasteiger partial charge in [0.2, 0.25) is 0 Å². The summed E-state index contributed by atoms with van der Waals surface area (Å²) in [6.07, 6.45) is 0.953. The molecule has 1 aliphatic rings. The lowest BCUT2D eigenvalue weighted by molar-refractivity contribution is -0.160. The molecule has 0 fully saturated rings. The summed E-state index contributed by atoms with van der Waals surface area (Å²) < 4.78 is 17.3. The van der Waals surface area contributed by atoms with Crippen molar-refractivity contribution in [2.75, 3.05) is 7.11 Å². The summed E-state index contributed by atoms with van der Waals surface area (Å²) >= 11 is 1.12. The van der Waals surface area contributed by atoms with Crippen molar-refractivity contribution in [3.8, 4) is 0 Å². The SMILES string of the molecule is CC[C@]1(C)OC(=N[C@@H](CC(C)C)C(=O)O)C(OC(C)C)=C1c1ccc(SOOC)cc1. The highest BCUT2D eigenvalue weighted by Crippen LogP contribution is 2.43. The highest BCUT2D eigenvalue weighted by atomic mass is 32.2. The molecule has 2 rings (SSSR count). The lowest BCUT2D eigenvalue weighted by Crippen LogP contribution is -2.28. The van der Waals surface area contributed by atoms with Gasteiger partial charge in [-0.2, -0.15) is 4.33 Å². The first-order valence-corrected chi connectivity index (χ1v) is 11.2. The van der Waals surface area contributed by atoms with E-state index in [2.05, 4.69) is 9.88 Å². The fraction of sp³-hybridized carbons (Fsp3) is 0.565. The topological polar surface area (TPSA) is 86.6 Å². The van der Waals surface area contributed by atoms with Gasteiger partial charge in [0, 0.05) is 4.90 Å². The second kappa shape index (κ2) is 11.0. The Morgan fingerprint density at radius 3 is 2.35 bits per heavy atom. The van der Waals surface area contributed by atoms with Crippen molar-refractivity contribution in [1.82, 2.24) is 0 Å². The normalized spacial score (nSPS) is 21.1.